The van der Waals surface area contributed by atoms with Gasteiger partial charge in [-0.2, -0.15) is 13.2 Å². The minimum Gasteiger partial charge on any atom is -0.380 e. The number of halogens is 5. The summed E-state index contributed by atoms with van der Waals surface area (Å²) in [6, 6.07) is 9.31. The summed E-state index contributed by atoms with van der Waals surface area (Å²) in [6.07, 6.45) is -4.53. The third kappa shape index (κ3) is 3.42. The normalized spacial score (nSPS) is 11.4. The van der Waals surface area contributed by atoms with Gasteiger partial charge < -0.3 is 5.32 Å². The van der Waals surface area contributed by atoms with Crippen LogP contribution in [0, 0.1) is 5.82 Å². The Labute approximate surface area is 118 Å². The molecule has 0 fully saturated rings. The molecule has 2 rings (SSSR count). The van der Waals surface area contributed by atoms with Crippen molar-refractivity contribution in [3.05, 3.63) is 64.4 Å². The SMILES string of the molecule is Fc1ccccc1CNc1ccc(Cl)cc1C(F)(F)F. The highest BCUT2D eigenvalue weighted by Gasteiger charge is 2.33. The van der Waals surface area contributed by atoms with E-state index in [1.54, 1.807) is 6.07 Å². The van der Waals surface area contributed by atoms with Crippen molar-refractivity contribution in [1.82, 2.24) is 0 Å². The molecular weight excluding hydrogens is 294 g/mol. The van der Waals surface area contributed by atoms with Crippen LogP contribution in [0.4, 0.5) is 23.2 Å². The number of hydrogen-bond donors (Lipinski definition) is 1. The molecule has 0 saturated heterocycles. The Kier molecular flexibility index (Phi) is 4.18. The summed E-state index contributed by atoms with van der Waals surface area (Å²) in [5.41, 5.74) is -0.720. The second kappa shape index (κ2) is 5.71. The summed E-state index contributed by atoms with van der Waals surface area (Å²) in [5, 5.41) is 2.58. The molecule has 0 unspecified atom stereocenters. The van der Waals surface area contributed by atoms with Crippen molar-refractivity contribution >= 4 is 17.3 Å². The fraction of sp³-hybridized carbons (Fsp3) is 0.143. The lowest BCUT2D eigenvalue weighted by atomic mass is 10.1. The van der Waals surface area contributed by atoms with Crippen molar-refractivity contribution in [3.63, 3.8) is 0 Å². The van der Waals surface area contributed by atoms with Crippen LogP contribution in [-0.4, -0.2) is 0 Å². The predicted molar refractivity (Wildman–Crippen MR) is 70.2 cm³/mol. The summed E-state index contributed by atoms with van der Waals surface area (Å²) < 4.78 is 52.0. The Morgan fingerprint density at radius 3 is 2.40 bits per heavy atom. The van der Waals surface area contributed by atoms with E-state index in [4.69, 9.17) is 11.6 Å². The molecule has 0 saturated carbocycles. The first-order chi connectivity index (χ1) is 9.38. The van der Waals surface area contributed by atoms with Gasteiger partial charge in [0.1, 0.15) is 5.82 Å². The summed E-state index contributed by atoms with van der Waals surface area (Å²) in [7, 11) is 0. The van der Waals surface area contributed by atoms with Gasteiger partial charge >= 0.3 is 6.18 Å². The fourth-order valence-corrected chi connectivity index (χ4v) is 1.91. The van der Waals surface area contributed by atoms with Gasteiger partial charge in [0.2, 0.25) is 0 Å². The van der Waals surface area contributed by atoms with Crippen molar-refractivity contribution in [3.8, 4) is 0 Å². The molecule has 0 atom stereocenters. The molecule has 0 heterocycles. The second-order valence-electron chi connectivity index (χ2n) is 4.13. The first-order valence-electron chi connectivity index (χ1n) is 5.72. The highest BCUT2D eigenvalue weighted by molar-refractivity contribution is 6.30. The molecule has 0 aliphatic rings. The summed E-state index contributed by atoms with van der Waals surface area (Å²) in [4.78, 5) is 0. The monoisotopic (exact) mass is 303 g/mol. The van der Waals surface area contributed by atoms with E-state index < -0.39 is 17.6 Å². The average Bonchev–Trinajstić information content (AvgIpc) is 2.38. The van der Waals surface area contributed by atoms with Crippen LogP contribution in [0.2, 0.25) is 5.02 Å². The molecule has 106 valence electrons. The van der Waals surface area contributed by atoms with E-state index in [1.807, 2.05) is 0 Å². The summed E-state index contributed by atoms with van der Waals surface area (Å²) in [6.45, 7) is -0.0443. The molecule has 1 nitrogen and oxygen atoms in total. The van der Waals surface area contributed by atoms with Crippen LogP contribution in [0.3, 0.4) is 0 Å². The Morgan fingerprint density at radius 2 is 1.75 bits per heavy atom. The minimum absolute atomic E-state index is 0.00577. The number of alkyl halides is 3. The molecule has 0 amide bonds. The lowest BCUT2D eigenvalue weighted by Gasteiger charge is -2.15. The number of hydrogen-bond acceptors (Lipinski definition) is 1. The maximum atomic E-state index is 13.4. The van der Waals surface area contributed by atoms with E-state index in [9.17, 15) is 17.6 Å². The third-order valence-electron chi connectivity index (χ3n) is 2.71. The van der Waals surface area contributed by atoms with Gasteiger partial charge in [-0.1, -0.05) is 29.8 Å². The van der Waals surface area contributed by atoms with Gasteiger partial charge in [-0.05, 0) is 24.3 Å². The molecule has 1 N–H and O–H groups in total. The zero-order valence-corrected chi connectivity index (χ0v) is 10.9. The van der Waals surface area contributed by atoms with Crippen LogP contribution in [0.15, 0.2) is 42.5 Å². The van der Waals surface area contributed by atoms with Crippen LogP contribution in [0.5, 0.6) is 0 Å². The van der Waals surface area contributed by atoms with Gasteiger partial charge in [0.25, 0.3) is 0 Å². The predicted octanol–water partition coefficient (Wildman–Crippen LogP) is 5.11. The van der Waals surface area contributed by atoms with Crippen molar-refractivity contribution in [2.45, 2.75) is 12.7 Å². The first-order valence-corrected chi connectivity index (χ1v) is 6.10. The van der Waals surface area contributed by atoms with Gasteiger partial charge in [0.05, 0.1) is 5.56 Å². The van der Waals surface area contributed by atoms with Gasteiger partial charge in [0, 0.05) is 22.8 Å². The summed E-state index contributed by atoms with van der Waals surface area (Å²) in [5.74, 6) is -0.470. The van der Waals surface area contributed by atoms with Gasteiger partial charge in [-0.3, -0.25) is 0 Å². The van der Waals surface area contributed by atoms with E-state index in [0.717, 1.165) is 6.07 Å². The Bertz CT molecular complexity index is 610. The van der Waals surface area contributed by atoms with Gasteiger partial charge in [-0.15, -0.1) is 0 Å². The topological polar surface area (TPSA) is 12.0 Å². The molecule has 0 aromatic heterocycles. The first kappa shape index (κ1) is 14.7. The lowest BCUT2D eigenvalue weighted by molar-refractivity contribution is -0.136. The van der Waals surface area contributed by atoms with Crippen LogP contribution in [-0.2, 0) is 12.7 Å². The number of nitrogens with one attached hydrogen (secondary N) is 1. The van der Waals surface area contributed by atoms with E-state index >= 15 is 0 Å². The van der Waals surface area contributed by atoms with Gasteiger partial charge in [-0.25, -0.2) is 4.39 Å². The molecule has 2 aromatic carbocycles. The smallest absolute Gasteiger partial charge is 0.380 e. The van der Waals surface area contributed by atoms with E-state index in [-0.39, 0.29) is 22.8 Å². The highest BCUT2D eigenvalue weighted by atomic mass is 35.5. The molecule has 0 aliphatic carbocycles. The van der Waals surface area contributed by atoms with E-state index in [1.165, 1.54) is 30.3 Å². The summed E-state index contributed by atoms with van der Waals surface area (Å²) >= 11 is 5.58. The maximum absolute atomic E-state index is 13.4. The second-order valence-corrected chi connectivity index (χ2v) is 4.57. The molecule has 0 spiro atoms. The van der Waals surface area contributed by atoms with E-state index in [2.05, 4.69) is 5.32 Å². The Balaban J connectivity index is 2.24. The quantitative estimate of drug-likeness (QED) is 0.777. The van der Waals surface area contributed by atoms with Crippen LogP contribution < -0.4 is 5.32 Å². The van der Waals surface area contributed by atoms with Crippen LogP contribution in [0.1, 0.15) is 11.1 Å². The fourth-order valence-electron chi connectivity index (χ4n) is 1.74. The lowest BCUT2D eigenvalue weighted by Crippen LogP contribution is -2.11. The molecule has 0 bridgehead atoms. The van der Waals surface area contributed by atoms with Crippen molar-refractivity contribution in [1.29, 1.82) is 0 Å². The van der Waals surface area contributed by atoms with Crippen molar-refractivity contribution in [2.24, 2.45) is 0 Å². The van der Waals surface area contributed by atoms with Crippen molar-refractivity contribution < 1.29 is 17.6 Å². The molecule has 6 heteroatoms. The number of benzene rings is 2. The molecule has 2 aromatic rings. The van der Waals surface area contributed by atoms with Gasteiger partial charge in [0.15, 0.2) is 0 Å². The molecule has 0 aliphatic heterocycles. The Hall–Kier alpha value is -1.75. The van der Waals surface area contributed by atoms with Crippen LogP contribution in [0.25, 0.3) is 0 Å². The molecule has 0 radical (unpaired) electrons. The highest BCUT2D eigenvalue weighted by Crippen LogP contribution is 2.36. The average molecular weight is 304 g/mol. The zero-order valence-electron chi connectivity index (χ0n) is 10.1. The largest absolute Gasteiger partial charge is 0.418 e. The van der Waals surface area contributed by atoms with Crippen LogP contribution >= 0.6 is 11.6 Å². The van der Waals surface area contributed by atoms with E-state index in [0.29, 0.717) is 0 Å². The van der Waals surface area contributed by atoms with Crippen molar-refractivity contribution in [2.75, 3.05) is 5.32 Å². The molecule has 20 heavy (non-hydrogen) atoms. The minimum atomic E-state index is -4.53. The maximum Gasteiger partial charge on any atom is 0.418 e. The zero-order chi connectivity index (χ0) is 14.8. The third-order valence-corrected chi connectivity index (χ3v) is 2.95. The standard InChI is InChI=1S/C14H10ClF4N/c15-10-5-6-13(11(7-10)14(17,18)19)20-8-9-3-1-2-4-12(9)16/h1-7,20H,8H2. The number of rotatable bonds is 3. The Morgan fingerprint density at radius 1 is 1.05 bits per heavy atom. The molecular formula is C14H10ClF4N. The number of anilines is 1.